The average molecular weight is 350 g/mol. The van der Waals surface area contributed by atoms with E-state index < -0.39 is 0 Å². The normalized spacial score (nSPS) is 14.2. The molecule has 1 rings (SSSR count). The average Bonchev–Trinajstić information content (AvgIpc) is 2.43. The maximum atomic E-state index is 3.25. The molecule has 0 atom stereocenters. The van der Waals surface area contributed by atoms with Gasteiger partial charge in [0.25, 0.3) is 0 Å². The van der Waals surface area contributed by atoms with Gasteiger partial charge in [0.05, 0.1) is 0 Å². The Morgan fingerprint density at radius 1 is 1.08 bits per heavy atom. The second-order valence-electron chi connectivity index (χ2n) is 2.56. The van der Waals surface area contributed by atoms with Gasteiger partial charge in [-0.3, -0.25) is 0 Å². The first-order chi connectivity index (χ1) is 4.43. The summed E-state index contributed by atoms with van der Waals surface area (Å²) >= 11 is 0. The molecule has 12 heavy (non-hydrogen) atoms. The second kappa shape index (κ2) is 17.7. The summed E-state index contributed by atoms with van der Waals surface area (Å²) in [5.41, 5.74) is 0. The van der Waals surface area contributed by atoms with Gasteiger partial charge in [0.1, 0.15) is 0 Å². The van der Waals surface area contributed by atoms with Gasteiger partial charge in [0, 0.05) is 0 Å². The van der Waals surface area contributed by atoms with Crippen LogP contribution >= 0.6 is 0 Å². The van der Waals surface area contributed by atoms with Gasteiger partial charge in [-0.05, 0) is 5.92 Å². The molecule has 0 N–H and O–H groups in total. The Hall–Kier alpha value is 0.649. The first-order valence-corrected chi connectivity index (χ1v) is 4.14. The molecule has 0 radical (unpaired) electrons. The predicted molar refractivity (Wildman–Crippen MR) is 56.1 cm³/mol. The van der Waals surface area contributed by atoms with Crippen molar-refractivity contribution in [1.82, 2.24) is 0 Å². The minimum absolute atomic E-state index is 0. The first-order valence-electron chi connectivity index (χ1n) is 4.14. The third-order valence-corrected chi connectivity index (χ3v) is 2.05. The van der Waals surface area contributed by atoms with Gasteiger partial charge in [-0.2, -0.15) is 6.92 Å². The van der Waals surface area contributed by atoms with Gasteiger partial charge >= 0.3 is 20.1 Å². The van der Waals surface area contributed by atoms with E-state index in [1.54, 1.807) is 6.92 Å². The van der Waals surface area contributed by atoms with Crippen molar-refractivity contribution in [2.45, 2.75) is 46.0 Å². The fourth-order valence-corrected chi connectivity index (χ4v) is 1.42. The monoisotopic (exact) mass is 350 g/mol. The molecule has 78 valence electrons. The molecule has 1 heteroatoms. The van der Waals surface area contributed by atoms with Crippen LogP contribution in [-0.2, 0) is 20.1 Å². The fourth-order valence-electron chi connectivity index (χ4n) is 1.42. The summed E-state index contributed by atoms with van der Waals surface area (Å²) in [6.07, 6.45) is 7.43. The topological polar surface area (TPSA) is 0 Å². The standard InChI is InChI=1S/C7H14.C2H5.2CH3.Ir/c1-2-7-5-3-4-6-7;1-2;;;/h7H,2-6H2,1H3;1H2,2H3;2*1H3;/q;3*-1;+3. The maximum Gasteiger partial charge on any atom is 3.00 e. The molecule has 0 amide bonds. The molecule has 0 unspecified atom stereocenters. The molecule has 0 aromatic carbocycles. The molecule has 0 bridgehead atoms. The Balaban J connectivity index is -0.0000000600. The predicted octanol–water partition coefficient (Wildman–Crippen LogP) is 4.33. The second-order valence-corrected chi connectivity index (χ2v) is 2.56. The Morgan fingerprint density at radius 3 is 1.58 bits per heavy atom. The summed E-state index contributed by atoms with van der Waals surface area (Å²) in [6.45, 7) is 7.30. The third kappa shape index (κ3) is 10.6. The van der Waals surface area contributed by atoms with E-state index in [0.29, 0.717) is 0 Å². The third-order valence-electron chi connectivity index (χ3n) is 2.05. The Bertz CT molecular complexity index is 47.0. The molecule has 0 heterocycles. The molecule has 0 aromatic rings. The number of hydrogen-bond acceptors (Lipinski definition) is 0. The van der Waals surface area contributed by atoms with Crippen LogP contribution in [0.3, 0.4) is 0 Å². The van der Waals surface area contributed by atoms with Crippen molar-refractivity contribution in [1.29, 1.82) is 0 Å². The van der Waals surface area contributed by atoms with Crippen LogP contribution in [0, 0.1) is 27.7 Å². The quantitative estimate of drug-likeness (QED) is 0.618. The minimum atomic E-state index is 0. The van der Waals surface area contributed by atoms with Crippen LogP contribution in [0.4, 0.5) is 0 Å². The van der Waals surface area contributed by atoms with E-state index >= 15 is 0 Å². The zero-order valence-electron chi connectivity index (χ0n) is 9.15. The first kappa shape index (κ1) is 22.9. The molecule has 1 aliphatic carbocycles. The van der Waals surface area contributed by atoms with E-state index in [1.807, 2.05) is 0 Å². The van der Waals surface area contributed by atoms with E-state index in [1.165, 1.54) is 32.1 Å². The van der Waals surface area contributed by atoms with Crippen LogP contribution in [0.25, 0.3) is 0 Å². The van der Waals surface area contributed by atoms with Gasteiger partial charge in [0.15, 0.2) is 0 Å². The number of hydrogen-bond donors (Lipinski definition) is 0. The Morgan fingerprint density at radius 2 is 1.42 bits per heavy atom. The van der Waals surface area contributed by atoms with E-state index in [2.05, 4.69) is 13.8 Å². The fraction of sp³-hybridized carbons (Fsp3) is 0.727. The summed E-state index contributed by atoms with van der Waals surface area (Å²) in [7, 11) is 0. The van der Waals surface area contributed by atoms with Crippen LogP contribution in [0.2, 0.25) is 0 Å². The maximum absolute atomic E-state index is 3.25. The van der Waals surface area contributed by atoms with Crippen molar-refractivity contribution < 1.29 is 20.1 Å². The van der Waals surface area contributed by atoms with E-state index in [0.717, 1.165) is 5.92 Å². The van der Waals surface area contributed by atoms with Crippen molar-refractivity contribution in [3.05, 3.63) is 21.8 Å². The minimum Gasteiger partial charge on any atom is -0.358 e. The van der Waals surface area contributed by atoms with Gasteiger partial charge in [0.2, 0.25) is 0 Å². The zero-order chi connectivity index (χ0) is 7.11. The molecule has 0 aliphatic heterocycles. The van der Waals surface area contributed by atoms with Gasteiger partial charge in [-0.1, -0.05) is 39.0 Å². The van der Waals surface area contributed by atoms with Crippen LogP contribution < -0.4 is 0 Å². The molecule has 0 saturated heterocycles. The van der Waals surface area contributed by atoms with Crippen molar-refractivity contribution in [2.75, 3.05) is 0 Å². The van der Waals surface area contributed by atoms with E-state index in [4.69, 9.17) is 0 Å². The van der Waals surface area contributed by atoms with E-state index in [-0.39, 0.29) is 35.0 Å². The summed E-state index contributed by atoms with van der Waals surface area (Å²) in [5.74, 6) is 1.10. The number of rotatable bonds is 1. The molecule has 1 aliphatic rings. The van der Waals surface area contributed by atoms with Crippen LogP contribution in [0.5, 0.6) is 0 Å². The van der Waals surface area contributed by atoms with Gasteiger partial charge in [-0.15, -0.1) is 0 Å². The van der Waals surface area contributed by atoms with Crippen LogP contribution in [0.15, 0.2) is 0 Å². The largest absolute Gasteiger partial charge is 3.00 e. The van der Waals surface area contributed by atoms with Crippen molar-refractivity contribution in [3.8, 4) is 0 Å². The molecule has 0 spiro atoms. The zero-order valence-corrected chi connectivity index (χ0v) is 11.5. The Labute approximate surface area is 93.9 Å². The van der Waals surface area contributed by atoms with Crippen LogP contribution in [0.1, 0.15) is 46.0 Å². The summed E-state index contributed by atoms with van der Waals surface area (Å²) < 4.78 is 0. The van der Waals surface area contributed by atoms with Gasteiger partial charge in [-0.25, -0.2) is 0 Å². The van der Waals surface area contributed by atoms with Crippen molar-refractivity contribution in [3.63, 3.8) is 0 Å². The molecule has 1 saturated carbocycles. The van der Waals surface area contributed by atoms with Crippen LogP contribution in [-0.4, -0.2) is 0 Å². The summed E-state index contributed by atoms with van der Waals surface area (Å²) in [4.78, 5) is 0. The molecule has 0 aromatic heterocycles. The summed E-state index contributed by atoms with van der Waals surface area (Å²) in [5, 5.41) is 0. The van der Waals surface area contributed by atoms with Gasteiger partial charge < -0.3 is 21.8 Å². The molecule has 0 nitrogen and oxygen atoms in total. The van der Waals surface area contributed by atoms with E-state index in [9.17, 15) is 0 Å². The molecular formula is C11H25Ir. The molecular weight excluding hydrogens is 324 g/mol. The summed E-state index contributed by atoms with van der Waals surface area (Å²) in [6, 6.07) is 0. The Kier molecular flexibility index (Phi) is 33.8. The molecule has 1 fully saturated rings. The SMILES string of the molecule is CCC1CCCC1.[CH2-]C.[CH3-].[CH3-].[Ir+3]. The van der Waals surface area contributed by atoms with Crippen molar-refractivity contribution >= 4 is 0 Å². The smallest absolute Gasteiger partial charge is 0.358 e. The van der Waals surface area contributed by atoms with Crippen molar-refractivity contribution in [2.24, 2.45) is 5.92 Å².